The average molecular weight is 236 g/mol. The Morgan fingerprint density at radius 1 is 1.29 bits per heavy atom. The Balaban J connectivity index is 2.56. The van der Waals surface area contributed by atoms with E-state index in [1.165, 1.54) is 16.7 Å². The highest BCUT2D eigenvalue weighted by atomic mass is 16.5. The number of benzene rings is 1. The third-order valence-corrected chi connectivity index (χ3v) is 2.95. The van der Waals surface area contributed by atoms with Crippen molar-refractivity contribution in [3.05, 3.63) is 28.8 Å². The van der Waals surface area contributed by atoms with Gasteiger partial charge in [-0.05, 0) is 56.5 Å². The van der Waals surface area contributed by atoms with Gasteiger partial charge in [-0.15, -0.1) is 0 Å². The Hall–Kier alpha value is -1.06. The first-order valence-electron chi connectivity index (χ1n) is 6.15. The first-order valence-corrected chi connectivity index (χ1v) is 6.15. The minimum absolute atomic E-state index is 0.265. The fourth-order valence-electron chi connectivity index (χ4n) is 1.81. The van der Waals surface area contributed by atoms with Crippen molar-refractivity contribution in [3.63, 3.8) is 0 Å². The smallest absolute Gasteiger partial charge is 0.122 e. The minimum Gasteiger partial charge on any atom is -0.496 e. The molecule has 0 fully saturated rings. The lowest BCUT2D eigenvalue weighted by Crippen LogP contribution is -2.23. The number of hydrogen-bond donors (Lipinski definition) is 2. The van der Waals surface area contributed by atoms with E-state index in [4.69, 9.17) is 10.5 Å². The van der Waals surface area contributed by atoms with Crippen LogP contribution in [0.3, 0.4) is 0 Å². The maximum absolute atomic E-state index is 5.71. The van der Waals surface area contributed by atoms with E-state index in [9.17, 15) is 0 Å². The molecule has 17 heavy (non-hydrogen) atoms. The Kier molecular flexibility index (Phi) is 5.45. The molecule has 0 bridgehead atoms. The Morgan fingerprint density at radius 2 is 2.00 bits per heavy atom. The third-order valence-electron chi connectivity index (χ3n) is 2.95. The first kappa shape index (κ1) is 14.0. The number of nitrogens with one attached hydrogen (secondary N) is 1. The van der Waals surface area contributed by atoms with Crippen molar-refractivity contribution < 1.29 is 4.74 Å². The van der Waals surface area contributed by atoms with Crippen molar-refractivity contribution in [2.24, 2.45) is 5.73 Å². The summed E-state index contributed by atoms with van der Waals surface area (Å²) < 4.78 is 5.30. The first-order chi connectivity index (χ1) is 8.04. The van der Waals surface area contributed by atoms with E-state index in [0.717, 1.165) is 25.3 Å². The van der Waals surface area contributed by atoms with Crippen LogP contribution in [0.4, 0.5) is 0 Å². The van der Waals surface area contributed by atoms with Crippen molar-refractivity contribution in [1.29, 1.82) is 0 Å². The Morgan fingerprint density at radius 3 is 2.59 bits per heavy atom. The summed E-state index contributed by atoms with van der Waals surface area (Å²) in [5, 5.41) is 3.42. The molecule has 0 aromatic heterocycles. The molecule has 96 valence electrons. The molecule has 0 spiro atoms. The second-order valence-corrected chi connectivity index (χ2v) is 4.69. The van der Waals surface area contributed by atoms with Crippen LogP contribution >= 0.6 is 0 Å². The van der Waals surface area contributed by atoms with Crippen LogP contribution < -0.4 is 15.8 Å². The van der Waals surface area contributed by atoms with Crippen LogP contribution in [0.1, 0.15) is 30.0 Å². The number of nitrogens with two attached hydrogens (primary N) is 1. The van der Waals surface area contributed by atoms with Crippen LogP contribution in [-0.2, 0) is 6.54 Å². The zero-order chi connectivity index (χ0) is 12.8. The number of ether oxygens (including phenoxy) is 1. The van der Waals surface area contributed by atoms with Gasteiger partial charge in [0.1, 0.15) is 5.75 Å². The van der Waals surface area contributed by atoms with Crippen LogP contribution in [0.25, 0.3) is 0 Å². The van der Waals surface area contributed by atoms with E-state index in [1.54, 1.807) is 7.11 Å². The molecule has 0 heterocycles. The van der Waals surface area contributed by atoms with Crippen molar-refractivity contribution in [2.75, 3.05) is 13.7 Å². The van der Waals surface area contributed by atoms with Gasteiger partial charge in [0, 0.05) is 12.6 Å². The van der Waals surface area contributed by atoms with Gasteiger partial charge in [0.15, 0.2) is 0 Å². The van der Waals surface area contributed by atoms with E-state index in [1.807, 2.05) is 6.92 Å². The molecular formula is C14H24N2O. The van der Waals surface area contributed by atoms with E-state index >= 15 is 0 Å². The molecule has 3 N–H and O–H groups in total. The molecule has 1 atom stereocenters. The zero-order valence-electron chi connectivity index (χ0n) is 11.3. The number of aryl methyl sites for hydroxylation is 2. The lowest BCUT2D eigenvalue weighted by atomic mass is 10.0. The lowest BCUT2D eigenvalue weighted by molar-refractivity contribution is 0.411. The van der Waals surface area contributed by atoms with Crippen LogP contribution in [0.2, 0.25) is 0 Å². The largest absolute Gasteiger partial charge is 0.496 e. The maximum Gasteiger partial charge on any atom is 0.122 e. The van der Waals surface area contributed by atoms with E-state index in [-0.39, 0.29) is 6.04 Å². The normalized spacial score (nSPS) is 12.5. The molecule has 0 aliphatic rings. The standard InChI is InChI=1S/C14H24N2O/c1-10-8-14(17-4)11(2)7-13(10)9-16-6-5-12(3)15/h7-8,12,16H,5-6,9,15H2,1-4H3. The molecule has 0 saturated heterocycles. The SMILES string of the molecule is COc1cc(C)c(CNCCC(C)N)cc1C. The predicted octanol–water partition coefficient (Wildman–Crippen LogP) is 2.14. The quantitative estimate of drug-likeness (QED) is 0.744. The molecule has 0 amide bonds. The second-order valence-electron chi connectivity index (χ2n) is 4.69. The molecule has 0 aliphatic heterocycles. The molecule has 1 aromatic rings. The van der Waals surface area contributed by atoms with E-state index in [0.29, 0.717) is 0 Å². The average Bonchev–Trinajstić information content (AvgIpc) is 2.28. The topological polar surface area (TPSA) is 47.3 Å². The fourth-order valence-corrected chi connectivity index (χ4v) is 1.81. The third kappa shape index (κ3) is 4.36. The Labute approximate surface area is 104 Å². The Bertz CT molecular complexity index is 361. The number of rotatable bonds is 6. The predicted molar refractivity (Wildman–Crippen MR) is 72.4 cm³/mol. The van der Waals surface area contributed by atoms with Crippen LogP contribution in [0.5, 0.6) is 5.75 Å². The van der Waals surface area contributed by atoms with Crippen molar-refractivity contribution in [2.45, 2.75) is 39.8 Å². The van der Waals surface area contributed by atoms with E-state index in [2.05, 4.69) is 31.3 Å². The highest BCUT2D eigenvalue weighted by molar-refractivity contribution is 5.41. The summed E-state index contributed by atoms with van der Waals surface area (Å²) in [5.41, 5.74) is 9.48. The summed E-state index contributed by atoms with van der Waals surface area (Å²) in [7, 11) is 1.71. The number of hydrogen-bond acceptors (Lipinski definition) is 3. The van der Waals surface area contributed by atoms with Crippen molar-refractivity contribution >= 4 is 0 Å². The van der Waals surface area contributed by atoms with E-state index < -0.39 is 0 Å². The molecule has 0 radical (unpaired) electrons. The van der Waals surface area contributed by atoms with Crippen molar-refractivity contribution in [3.8, 4) is 5.75 Å². The van der Waals surface area contributed by atoms with Crippen LogP contribution in [0.15, 0.2) is 12.1 Å². The second kappa shape index (κ2) is 6.62. The summed E-state index contributed by atoms with van der Waals surface area (Å²) >= 11 is 0. The molecule has 1 aromatic carbocycles. The summed E-state index contributed by atoms with van der Waals surface area (Å²) in [5.74, 6) is 0.960. The molecule has 3 nitrogen and oxygen atoms in total. The van der Waals surface area contributed by atoms with Gasteiger partial charge in [0.2, 0.25) is 0 Å². The highest BCUT2D eigenvalue weighted by Crippen LogP contribution is 2.22. The molecule has 1 unspecified atom stereocenters. The molecular weight excluding hydrogens is 212 g/mol. The van der Waals surface area contributed by atoms with Crippen LogP contribution in [-0.4, -0.2) is 19.7 Å². The van der Waals surface area contributed by atoms with Gasteiger partial charge >= 0.3 is 0 Å². The van der Waals surface area contributed by atoms with Crippen molar-refractivity contribution in [1.82, 2.24) is 5.32 Å². The van der Waals surface area contributed by atoms with Gasteiger partial charge in [0.25, 0.3) is 0 Å². The molecule has 0 aliphatic carbocycles. The monoisotopic (exact) mass is 236 g/mol. The maximum atomic E-state index is 5.71. The summed E-state index contributed by atoms with van der Waals surface area (Å²) in [4.78, 5) is 0. The number of methoxy groups -OCH3 is 1. The summed E-state index contributed by atoms with van der Waals surface area (Å²) in [6, 6.07) is 4.55. The van der Waals surface area contributed by atoms with Gasteiger partial charge in [-0.2, -0.15) is 0 Å². The lowest BCUT2D eigenvalue weighted by Gasteiger charge is -2.12. The highest BCUT2D eigenvalue weighted by Gasteiger charge is 2.04. The summed E-state index contributed by atoms with van der Waals surface area (Å²) in [6.07, 6.45) is 1.01. The molecule has 3 heteroatoms. The van der Waals surface area contributed by atoms with Crippen LogP contribution in [0, 0.1) is 13.8 Å². The molecule has 1 rings (SSSR count). The van der Waals surface area contributed by atoms with Gasteiger partial charge in [0.05, 0.1) is 7.11 Å². The summed E-state index contributed by atoms with van der Waals surface area (Å²) in [6.45, 7) is 8.07. The zero-order valence-corrected chi connectivity index (χ0v) is 11.3. The van der Waals surface area contributed by atoms with Gasteiger partial charge < -0.3 is 15.8 Å². The van der Waals surface area contributed by atoms with Gasteiger partial charge in [-0.1, -0.05) is 6.07 Å². The molecule has 0 saturated carbocycles. The fraction of sp³-hybridized carbons (Fsp3) is 0.571. The van der Waals surface area contributed by atoms with Gasteiger partial charge in [-0.25, -0.2) is 0 Å². The minimum atomic E-state index is 0.265. The van der Waals surface area contributed by atoms with Gasteiger partial charge in [-0.3, -0.25) is 0 Å².